The number of methoxy groups -OCH3 is 5. The molecule has 1 saturated heterocycles. The molecule has 7 rings (SSSR count). The minimum atomic E-state index is -0.947. The molecule has 1 heterocycles. The summed E-state index contributed by atoms with van der Waals surface area (Å²) in [4.78, 5) is 29.7. The van der Waals surface area contributed by atoms with Gasteiger partial charge in [-0.25, -0.2) is 4.79 Å². The van der Waals surface area contributed by atoms with Gasteiger partial charge in [-0.3, -0.25) is 9.69 Å². The molecule has 1 aromatic carbocycles. The summed E-state index contributed by atoms with van der Waals surface area (Å²) in [6.45, 7) is 6.11. The van der Waals surface area contributed by atoms with Crippen molar-refractivity contribution in [3.05, 3.63) is 29.8 Å². The van der Waals surface area contributed by atoms with Crippen molar-refractivity contribution in [3.63, 3.8) is 0 Å². The first-order valence-corrected chi connectivity index (χ1v) is 16.6. The summed E-state index contributed by atoms with van der Waals surface area (Å²) >= 11 is 0. The Morgan fingerprint density at radius 1 is 0.978 bits per heavy atom. The van der Waals surface area contributed by atoms with Crippen LogP contribution in [-0.4, -0.2) is 108 Å². The fraction of sp³-hybridized carbons (Fsp3) is 0.771. The van der Waals surface area contributed by atoms with Crippen LogP contribution in [0.2, 0.25) is 0 Å². The first-order chi connectivity index (χ1) is 21.7. The first-order valence-electron chi connectivity index (χ1n) is 16.6. The highest BCUT2D eigenvalue weighted by atomic mass is 16.6. The SMILES string of the molecule is CCN1C[C@]2(COC)CCC(OC)C34C1C(C(OC)[C@@H]32)[C@@]1(OC(C)=O)C[C@H](OC)C2C[C@@H]4[C@@H]1C2OC(=O)c1ccc(OC)cc1. The molecule has 5 saturated carbocycles. The number of hydrogen-bond acceptors (Lipinski definition) is 10. The molecule has 5 aliphatic carbocycles. The Kier molecular flexibility index (Phi) is 7.80. The maximum absolute atomic E-state index is 13.8. The van der Waals surface area contributed by atoms with Crippen LogP contribution in [0.1, 0.15) is 49.9 Å². The van der Waals surface area contributed by atoms with Crippen LogP contribution in [0.3, 0.4) is 0 Å². The molecule has 0 amide bonds. The van der Waals surface area contributed by atoms with Crippen molar-refractivity contribution in [2.24, 2.45) is 40.4 Å². The third-order valence-corrected chi connectivity index (χ3v) is 13.2. The maximum Gasteiger partial charge on any atom is 0.338 e. The van der Waals surface area contributed by atoms with Gasteiger partial charge in [-0.2, -0.15) is 0 Å². The summed E-state index contributed by atoms with van der Waals surface area (Å²) < 4.78 is 44.1. The van der Waals surface area contributed by atoms with Gasteiger partial charge in [0.1, 0.15) is 17.5 Å². The fourth-order valence-corrected chi connectivity index (χ4v) is 12.4. The Morgan fingerprint density at radius 3 is 2.33 bits per heavy atom. The number of benzene rings is 1. The van der Waals surface area contributed by atoms with Gasteiger partial charge in [0.15, 0.2) is 0 Å². The topological polar surface area (TPSA) is 102 Å². The van der Waals surface area contributed by atoms with E-state index in [9.17, 15) is 9.59 Å². The average Bonchev–Trinajstić information content (AvgIpc) is 3.46. The van der Waals surface area contributed by atoms with E-state index in [2.05, 4.69) is 11.8 Å². The smallest absolute Gasteiger partial charge is 0.338 e. The number of ether oxygens (including phenoxy) is 7. The second-order valence-corrected chi connectivity index (χ2v) is 14.4. The number of carbonyl (C=O) groups excluding carboxylic acids is 2. The van der Waals surface area contributed by atoms with E-state index in [0.717, 1.165) is 32.4 Å². The van der Waals surface area contributed by atoms with Crippen molar-refractivity contribution in [1.29, 1.82) is 0 Å². The van der Waals surface area contributed by atoms with Gasteiger partial charge in [-0.05, 0) is 56.0 Å². The molecular weight excluding hydrogens is 578 g/mol. The molecule has 0 N–H and O–H groups in total. The zero-order valence-electron chi connectivity index (χ0n) is 27.7. The van der Waals surface area contributed by atoms with E-state index >= 15 is 0 Å². The third-order valence-electron chi connectivity index (χ3n) is 13.2. The second kappa shape index (κ2) is 11.2. The highest BCUT2D eigenvalue weighted by Gasteiger charge is 2.88. The Hall–Kier alpha value is -2.24. The van der Waals surface area contributed by atoms with Crippen LogP contribution in [0.15, 0.2) is 24.3 Å². The highest BCUT2D eigenvalue weighted by Crippen LogP contribution is 2.80. The van der Waals surface area contributed by atoms with Gasteiger partial charge in [0, 0.05) is 88.9 Å². The zero-order chi connectivity index (χ0) is 31.9. The maximum atomic E-state index is 13.8. The van der Waals surface area contributed by atoms with Gasteiger partial charge in [0.25, 0.3) is 0 Å². The van der Waals surface area contributed by atoms with E-state index in [4.69, 9.17) is 33.2 Å². The molecule has 248 valence electrons. The summed E-state index contributed by atoms with van der Waals surface area (Å²) in [5, 5.41) is 0. The van der Waals surface area contributed by atoms with Gasteiger partial charge in [0.05, 0.1) is 37.6 Å². The van der Waals surface area contributed by atoms with E-state index in [1.807, 2.05) is 14.2 Å². The standard InChI is InChI=1S/C35H49NO9/c1-8-36-17-33(18-39-3)14-13-25(42-6)35-23-15-22-24(41-5)16-34(45-19(2)37,27(31(35)36)29(43-7)30(33)35)26(23)28(22)44-32(38)20-9-11-21(40-4)12-10-20/h9-12,22-31H,8,13-18H2,1-7H3/t22?,23-,24+,25?,26-,27?,28?,29?,30-,31?,33+,34-,35?/m1/s1. The molecular formula is C35H49NO9. The monoisotopic (exact) mass is 627 g/mol. The molecule has 1 aromatic rings. The van der Waals surface area contributed by atoms with Crippen LogP contribution >= 0.6 is 0 Å². The van der Waals surface area contributed by atoms with Crippen LogP contribution in [0, 0.1) is 40.4 Å². The predicted octanol–water partition coefficient (Wildman–Crippen LogP) is 3.60. The Bertz CT molecular complexity index is 1310. The van der Waals surface area contributed by atoms with Gasteiger partial charge < -0.3 is 33.2 Å². The third kappa shape index (κ3) is 3.98. The number of fused-ring (bicyclic) bond motifs is 2. The van der Waals surface area contributed by atoms with Crippen LogP contribution in [0.5, 0.6) is 5.75 Å². The first kappa shape index (κ1) is 31.4. The molecule has 7 bridgehead atoms. The normalized spacial score (nSPS) is 45.7. The second-order valence-electron chi connectivity index (χ2n) is 14.4. The van der Waals surface area contributed by atoms with E-state index < -0.39 is 17.7 Å². The lowest BCUT2D eigenvalue weighted by atomic mass is 9.43. The number of rotatable bonds is 10. The number of esters is 2. The van der Waals surface area contributed by atoms with Crippen LogP contribution < -0.4 is 4.74 Å². The van der Waals surface area contributed by atoms with E-state index in [1.165, 1.54) is 6.92 Å². The van der Waals surface area contributed by atoms with Gasteiger partial charge in [-0.1, -0.05) is 6.92 Å². The molecule has 45 heavy (non-hydrogen) atoms. The van der Waals surface area contributed by atoms with Crippen molar-refractivity contribution >= 4 is 11.9 Å². The number of carbonyl (C=O) groups is 2. The van der Waals surface area contributed by atoms with Crippen LogP contribution in [-0.2, 0) is 33.2 Å². The van der Waals surface area contributed by atoms with Crippen molar-refractivity contribution in [1.82, 2.24) is 4.90 Å². The highest BCUT2D eigenvalue weighted by molar-refractivity contribution is 5.89. The van der Waals surface area contributed by atoms with Crippen molar-refractivity contribution in [2.45, 2.75) is 75.6 Å². The largest absolute Gasteiger partial charge is 0.497 e. The number of hydrogen-bond donors (Lipinski definition) is 0. The van der Waals surface area contributed by atoms with Crippen LogP contribution in [0.4, 0.5) is 0 Å². The molecule has 6 aliphatic rings. The van der Waals surface area contributed by atoms with Gasteiger partial charge >= 0.3 is 11.9 Å². The summed E-state index contributed by atoms with van der Waals surface area (Å²) in [7, 11) is 8.77. The minimum absolute atomic E-state index is 0.0203. The van der Waals surface area contributed by atoms with Gasteiger partial charge in [0.2, 0.25) is 0 Å². The molecule has 13 atom stereocenters. The molecule has 1 spiro atoms. The quantitative estimate of drug-likeness (QED) is 0.358. The van der Waals surface area contributed by atoms with Crippen LogP contribution in [0.25, 0.3) is 0 Å². The molecule has 10 nitrogen and oxygen atoms in total. The number of piperidine rings is 1. The molecule has 7 unspecified atom stereocenters. The molecule has 0 radical (unpaired) electrons. The van der Waals surface area contributed by atoms with Crippen molar-refractivity contribution < 1.29 is 42.7 Å². The molecule has 6 fully saturated rings. The molecule has 0 aromatic heterocycles. The molecule has 10 heteroatoms. The van der Waals surface area contributed by atoms with Crippen molar-refractivity contribution in [2.75, 3.05) is 55.2 Å². The Balaban J connectivity index is 1.43. The fourth-order valence-electron chi connectivity index (χ4n) is 12.4. The Morgan fingerprint density at radius 2 is 1.73 bits per heavy atom. The number of likely N-dealkylation sites (tertiary alicyclic amines) is 1. The minimum Gasteiger partial charge on any atom is -0.497 e. The summed E-state index contributed by atoms with van der Waals surface area (Å²) in [6, 6.07) is 7.07. The zero-order valence-corrected chi connectivity index (χ0v) is 27.7. The summed E-state index contributed by atoms with van der Waals surface area (Å²) in [5.74, 6) is -0.299. The lowest BCUT2D eigenvalue weighted by Gasteiger charge is -2.69. The summed E-state index contributed by atoms with van der Waals surface area (Å²) in [6.07, 6.45) is 2.27. The van der Waals surface area contributed by atoms with Crippen molar-refractivity contribution in [3.8, 4) is 5.75 Å². The lowest BCUT2D eigenvalue weighted by molar-refractivity contribution is -0.280. The average molecular weight is 628 g/mol. The van der Waals surface area contributed by atoms with E-state index in [-0.39, 0.29) is 70.7 Å². The van der Waals surface area contributed by atoms with E-state index in [0.29, 0.717) is 24.3 Å². The van der Waals surface area contributed by atoms with E-state index in [1.54, 1.807) is 45.6 Å². The lowest BCUT2D eigenvalue weighted by Crippen LogP contribution is -2.77. The predicted molar refractivity (Wildman–Crippen MR) is 163 cm³/mol. The Labute approximate surface area is 266 Å². The summed E-state index contributed by atoms with van der Waals surface area (Å²) in [5.41, 5.74) is -0.937. The van der Waals surface area contributed by atoms with Gasteiger partial charge in [-0.15, -0.1) is 0 Å². The number of nitrogens with zero attached hydrogens (tertiary/aromatic N) is 1. The molecule has 1 aliphatic heterocycles.